The number of hydrogen-bond acceptors (Lipinski definition) is 6. The van der Waals surface area contributed by atoms with E-state index in [0.717, 1.165) is 16.0 Å². The molecule has 1 heterocycles. The van der Waals surface area contributed by atoms with Gasteiger partial charge in [-0.1, -0.05) is 83.4 Å². The number of carbonyl (C=O) groups excluding carboxylic acids is 5. The molecule has 0 bridgehead atoms. The Labute approximate surface area is 249 Å². The van der Waals surface area contributed by atoms with Crippen LogP contribution in [-0.2, 0) is 24.5 Å². The summed E-state index contributed by atoms with van der Waals surface area (Å²) < 4.78 is 5.48. The molecule has 0 N–H and O–H groups in total. The highest BCUT2D eigenvalue weighted by Gasteiger charge is 2.67. The summed E-state index contributed by atoms with van der Waals surface area (Å²) in [6.45, 7) is 6.68. The van der Waals surface area contributed by atoms with Crippen molar-refractivity contribution in [3.8, 4) is 0 Å². The van der Waals surface area contributed by atoms with E-state index >= 15 is 0 Å². The average molecular weight is 584 g/mol. The predicted octanol–water partition coefficient (Wildman–Crippen LogP) is 5.98. The van der Waals surface area contributed by atoms with Crippen LogP contribution in [0, 0.1) is 25.7 Å². The van der Waals surface area contributed by atoms with Gasteiger partial charge in [-0.25, -0.2) is 4.90 Å². The maximum atomic E-state index is 14.6. The summed E-state index contributed by atoms with van der Waals surface area (Å²) in [5.41, 5.74) is 1.51. The van der Waals surface area contributed by atoms with Crippen molar-refractivity contribution in [3.05, 3.63) is 111 Å². The second-order valence-corrected chi connectivity index (χ2v) is 11.2. The van der Waals surface area contributed by atoms with Crippen LogP contribution >= 0.6 is 11.6 Å². The Balaban J connectivity index is 1.75. The molecule has 0 unspecified atom stereocenters. The number of Topliss-reactive ketones (excluding diaryl/α,β-unsaturated/α-hetero) is 2. The predicted molar refractivity (Wildman–Crippen MR) is 159 cm³/mol. The summed E-state index contributed by atoms with van der Waals surface area (Å²) in [6.07, 6.45) is 1.37. The minimum Gasteiger partial charge on any atom is -0.465 e. The molecule has 0 saturated heterocycles. The molecule has 1 aliphatic carbocycles. The van der Waals surface area contributed by atoms with Gasteiger partial charge in [0.1, 0.15) is 11.3 Å². The zero-order valence-corrected chi connectivity index (χ0v) is 24.5. The van der Waals surface area contributed by atoms with Crippen LogP contribution in [0.1, 0.15) is 57.7 Å². The number of ketones is 2. The summed E-state index contributed by atoms with van der Waals surface area (Å²) >= 11 is 6.31. The van der Waals surface area contributed by atoms with E-state index in [0.29, 0.717) is 16.7 Å². The first kappa shape index (κ1) is 29.1. The largest absolute Gasteiger partial charge is 0.465 e. The van der Waals surface area contributed by atoms with Gasteiger partial charge in [0.15, 0.2) is 11.6 Å². The highest BCUT2D eigenvalue weighted by molar-refractivity contribution is 6.32. The lowest BCUT2D eigenvalue weighted by Crippen LogP contribution is -2.52. The Bertz CT molecular complexity index is 1660. The van der Waals surface area contributed by atoms with E-state index in [1.54, 1.807) is 61.5 Å². The summed E-state index contributed by atoms with van der Waals surface area (Å²) in [5.74, 6) is -5.14. The van der Waals surface area contributed by atoms with Gasteiger partial charge in [0.2, 0.25) is 11.8 Å². The molecule has 8 heteroatoms. The van der Waals surface area contributed by atoms with Crippen LogP contribution in [-0.4, -0.2) is 36.0 Å². The number of rotatable bonds is 7. The van der Waals surface area contributed by atoms with E-state index < -0.39 is 40.8 Å². The molecule has 5 rings (SSSR count). The van der Waals surface area contributed by atoms with Gasteiger partial charge in [0.05, 0.1) is 12.3 Å². The van der Waals surface area contributed by atoms with Crippen LogP contribution in [0.25, 0.3) is 0 Å². The second kappa shape index (κ2) is 11.1. The Morgan fingerprint density at radius 2 is 1.50 bits per heavy atom. The molecule has 214 valence electrons. The molecule has 1 spiro atoms. The summed E-state index contributed by atoms with van der Waals surface area (Å²) in [4.78, 5) is 70.1. The van der Waals surface area contributed by atoms with Gasteiger partial charge >= 0.3 is 5.97 Å². The molecular weight excluding hydrogens is 554 g/mol. The summed E-state index contributed by atoms with van der Waals surface area (Å²) in [6, 6.07) is 18.6. The lowest BCUT2D eigenvalue weighted by Gasteiger charge is -2.35. The molecule has 1 aliphatic heterocycles. The Morgan fingerprint density at radius 3 is 2.07 bits per heavy atom. The van der Waals surface area contributed by atoms with Gasteiger partial charge in [-0.15, -0.1) is 0 Å². The fraction of sp³-hybridized carbons (Fsp3) is 0.265. The number of nitrogens with zero attached hydrogens (tertiary/aromatic N) is 1. The molecule has 0 fully saturated rings. The van der Waals surface area contributed by atoms with Crippen molar-refractivity contribution in [3.63, 3.8) is 0 Å². The van der Waals surface area contributed by atoms with Crippen molar-refractivity contribution < 1.29 is 28.7 Å². The highest BCUT2D eigenvalue weighted by atomic mass is 35.5. The van der Waals surface area contributed by atoms with Crippen LogP contribution in [0.3, 0.4) is 0 Å². The minimum absolute atomic E-state index is 0.00245. The van der Waals surface area contributed by atoms with Crippen LogP contribution < -0.4 is 4.90 Å². The monoisotopic (exact) mass is 583 g/mol. The maximum absolute atomic E-state index is 14.6. The molecule has 0 saturated carbocycles. The molecule has 2 aliphatic rings. The number of fused-ring (bicyclic) bond motifs is 2. The van der Waals surface area contributed by atoms with E-state index in [1.807, 2.05) is 26.0 Å². The van der Waals surface area contributed by atoms with Gasteiger partial charge < -0.3 is 4.74 Å². The van der Waals surface area contributed by atoms with Crippen molar-refractivity contribution in [2.75, 3.05) is 11.5 Å². The first-order chi connectivity index (χ1) is 20.0. The molecule has 3 atom stereocenters. The van der Waals surface area contributed by atoms with Gasteiger partial charge in [0.25, 0.3) is 0 Å². The summed E-state index contributed by atoms with van der Waals surface area (Å²) in [5, 5.41) is 0.284. The number of anilines is 1. The fourth-order valence-electron chi connectivity index (χ4n) is 6.20. The van der Waals surface area contributed by atoms with Crippen LogP contribution in [0.15, 0.2) is 78.4 Å². The quantitative estimate of drug-likeness (QED) is 0.251. The number of allylic oxidation sites excluding steroid dienone is 1. The first-order valence-electron chi connectivity index (χ1n) is 13.7. The maximum Gasteiger partial charge on any atom is 0.315 e. The first-order valence-corrected chi connectivity index (χ1v) is 14.1. The Kier molecular flexibility index (Phi) is 7.73. The summed E-state index contributed by atoms with van der Waals surface area (Å²) in [7, 11) is 0. The topological polar surface area (TPSA) is 97.8 Å². The van der Waals surface area contributed by atoms with Crippen LogP contribution in [0.4, 0.5) is 5.69 Å². The van der Waals surface area contributed by atoms with Crippen molar-refractivity contribution in [1.82, 2.24) is 0 Å². The van der Waals surface area contributed by atoms with Gasteiger partial charge in [-0.05, 0) is 38.5 Å². The Morgan fingerprint density at radius 1 is 0.905 bits per heavy atom. The molecule has 3 aromatic rings. The van der Waals surface area contributed by atoms with Gasteiger partial charge in [-0.2, -0.15) is 0 Å². The van der Waals surface area contributed by atoms with Gasteiger partial charge in [0, 0.05) is 41.0 Å². The van der Waals surface area contributed by atoms with E-state index in [2.05, 4.69) is 0 Å². The number of amides is 2. The smallest absolute Gasteiger partial charge is 0.315 e. The second-order valence-electron chi connectivity index (χ2n) is 10.8. The zero-order chi connectivity index (χ0) is 30.3. The SMILES string of the molecule is CCOC(=O)[C@@H]1C(C(=O)c2ccc(C)cc2)=C[C@@H](CC(=O)c2ccc(C)cc2)[C@@]12C(=O)N(C(C)=O)c1cc(Cl)ccc12. The number of aryl methyl sites for hydroxylation is 2. The average Bonchev–Trinajstić information content (AvgIpc) is 3.41. The van der Waals surface area contributed by atoms with Crippen molar-refractivity contribution in [1.29, 1.82) is 0 Å². The molecule has 2 amide bonds. The minimum atomic E-state index is -1.78. The van der Waals surface area contributed by atoms with Crippen molar-refractivity contribution >= 4 is 46.6 Å². The lowest BCUT2D eigenvalue weighted by molar-refractivity contribution is -0.152. The van der Waals surface area contributed by atoms with Crippen molar-refractivity contribution in [2.24, 2.45) is 11.8 Å². The van der Waals surface area contributed by atoms with Crippen molar-refractivity contribution in [2.45, 2.75) is 39.5 Å². The molecule has 0 radical (unpaired) electrons. The van der Waals surface area contributed by atoms with E-state index in [9.17, 15) is 24.0 Å². The number of benzene rings is 3. The molecule has 7 nitrogen and oxygen atoms in total. The van der Waals surface area contributed by atoms with Crippen LogP contribution in [0.2, 0.25) is 5.02 Å². The lowest BCUT2D eigenvalue weighted by atomic mass is 9.64. The van der Waals surface area contributed by atoms with Gasteiger partial charge in [-0.3, -0.25) is 24.0 Å². The molecule has 3 aromatic carbocycles. The van der Waals surface area contributed by atoms with Crippen LogP contribution in [0.5, 0.6) is 0 Å². The number of hydrogen-bond donors (Lipinski definition) is 0. The fourth-order valence-corrected chi connectivity index (χ4v) is 6.36. The number of esters is 1. The number of ether oxygens (including phenoxy) is 1. The standard InChI is InChI=1S/C34H30ClNO6/c1-5-42-32(40)30-26(31(39)23-12-8-20(3)9-13-23)16-24(17-29(38)22-10-6-19(2)7-11-22)34(30)27-15-14-25(35)18-28(27)36(21(4)37)33(34)41/h6-16,18,24,30H,5,17H2,1-4H3/t24-,30-,34-/m0/s1. The molecule has 42 heavy (non-hydrogen) atoms. The third-order valence-electron chi connectivity index (χ3n) is 8.13. The third-order valence-corrected chi connectivity index (χ3v) is 8.36. The number of halogens is 1. The normalized spacial score (nSPS) is 20.8. The molecular formula is C34H30ClNO6. The number of carbonyl (C=O) groups is 5. The number of imide groups is 1. The zero-order valence-electron chi connectivity index (χ0n) is 23.8. The van der Waals surface area contributed by atoms with E-state index in [4.69, 9.17) is 16.3 Å². The van der Waals surface area contributed by atoms with E-state index in [-0.39, 0.29) is 35.1 Å². The third kappa shape index (κ3) is 4.68. The van der Waals surface area contributed by atoms with E-state index in [1.165, 1.54) is 13.0 Å². The molecule has 0 aromatic heterocycles. The Hall–Kier alpha value is -4.36. The highest BCUT2D eigenvalue weighted by Crippen LogP contribution is 2.59.